The van der Waals surface area contributed by atoms with Crippen molar-refractivity contribution in [1.29, 1.82) is 0 Å². The molecule has 2 fully saturated rings. The fraction of sp³-hybridized carbons (Fsp3) is 0.387. The zero-order valence-corrected chi connectivity index (χ0v) is 25.4. The second kappa shape index (κ2) is 12.8. The number of halogens is 6. The van der Waals surface area contributed by atoms with Crippen LogP contribution in [0.25, 0.3) is 0 Å². The monoisotopic (exact) mass is 637 g/mol. The molecule has 2 heterocycles. The fourth-order valence-electron chi connectivity index (χ4n) is 5.95. The largest absolute Gasteiger partial charge is 0.419 e. The van der Waals surface area contributed by atoms with Crippen LogP contribution in [0.1, 0.15) is 22.6 Å². The molecule has 3 aromatic carbocycles. The highest BCUT2D eigenvalue weighted by atomic mass is 35.5. The van der Waals surface area contributed by atoms with Crippen molar-refractivity contribution in [3.8, 4) is 0 Å². The number of likely N-dealkylation sites (tertiary alicyclic amines) is 1. The molecule has 5 rings (SSSR count). The summed E-state index contributed by atoms with van der Waals surface area (Å²) in [6.45, 7) is 3.59. The highest BCUT2D eigenvalue weighted by Gasteiger charge is 2.41. The number of benzene rings is 3. The van der Waals surface area contributed by atoms with Crippen LogP contribution in [0.15, 0.2) is 60.7 Å². The summed E-state index contributed by atoms with van der Waals surface area (Å²) in [5, 5.41) is 3.93. The van der Waals surface area contributed by atoms with Gasteiger partial charge >= 0.3 is 12.2 Å². The summed E-state index contributed by atoms with van der Waals surface area (Å²) in [6, 6.07) is 16.3. The lowest BCUT2D eigenvalue weighted by Crippen LogP contribution is -2.52. The molecule has 0 radical (unpaired) electrons. The lowest BCUT2D eigenvalue weighted by molar-refractivity contribution is -0.140. The zero-order valence-electron chi connectivity index (χ0n) is 23.8. The number of piperazine rings is 1. The minimum Gasteiger partial charge on any atom is -0.388 e. The van der Waals surface area contributed by atoms with Gasteiger partial charge in [-0.3, -0.25) is 4.90 Å². The molecule has 230 valence electrons. The molecule has 2 aliphatic rings. The second-order valence-electron chi connectivity index (χ2n) is 11.0. The summed E-state index contributed by atoms with van der Waals surface area (Å²) < 4.78 is 53.6. The van der Waals surface area contributed by atoms with Gasteiger partial charge in [-0.2, -0.15) is 13.2 Å². The molecule has 12 heteroatoms. The molecule has 0 aliphatic carbocycles. The summed E-state index contributed by atoms with van der Waals surface area (Å²) in [5.74, 6) is -1.45. The van der Waals surface area contributed by atoms with Crippen LogP contribution in [-0.2, 0) is 12.7 Å². The number of likely N-dealkylation sites (N-methyl/N-ethyl adjacent to an activating group) is 1. The zero-order chi connectivity index (χ0) is 30.9. The molecule has 0 aromatic heterocycles. The Morgan fingerprint density at radius 3 is 2.23 bits per heavy atom. The molecule has 6 nitrogen and oxygen atoms in total. The van der Waals surface area contributed by atoms with E-state index >= 15 is 0 Å². The second-order valence-corrected chi connectivity index (χ2v) is 11.8. The lowest BCUT2D eigenvalue weighted by atomic mass is 9.93. The topological polar surface area (TPSA) is 42.1 Å². The number of anilines is 2. The summed E-state index contributed by atoms with van der Waals surface area (Å²) in [5.41, 5.74) is 2.15. The van der Waals surface area contributed by atoms with Crippen LogP contribution < -0.4 is 10.2 Å². The molecule has 43 heavy (non-hydrogen) atoms. The maximum Gasteiger partial charge on any atom is 0.419 e. The highest BCUT2D eigenvalue weighted by Crippen LogP contribution is 2.36. The van der Waals surface area contributed by atoms with E-state index in [0.29, 0.717) is 54.9 Å². The van der Waals surface area contributed by atoms with Crippen molar-refractivity contribution in [3.05, 3.63) is 93.2 Å². The van der Waals surface area contributed by atoms with E-state index < -0.39 is 17.6 Å². The van der Waals surface area contributed by atoms with Crippen molar-refractivity contribution in [2.24, 2.45) is 0 Å². The number of hydrogen-bond donors (Lipinski definition) is 1. The van der Waals surface area contributed by atoms with Crippen molar-refractivity contribution in [2.75, 3.05) is 63.6 Å². The van der Waals surface area contributed by atoms with E-state index in [2.05, 4.69) is 22.3 Å². The van der Waals surface area contributed by atoms with Gasteiger partial charge in [-0.05, 0) is 66.7 Å². The van der Waals surface area contributed by atoms with E-state index in [1.807, 2.05) is 47.0 Å². The van der Waals surface area contributed by atoms with Gasteiger partial charge in [-0.15, -0.1) is 0 Å². The Morgan fingerprint density at radius 2 is 1.63 bits per heavy atom. The van der Waals surface area contributed by atoms with Crippen LogP contribution in [0.4, 0.5) is 33.7 Å². The van der Waals surface area contributed by atoms with Crippen molar-refractivity contribution in [2.45, 2.75) is 24.7 Å². The number of amides is 2. The number of carbonyl (C=O) groups excluding carboxylic acids is 1. The third-order valence-corrected chi connectivity index (χ3v) is 9.08. The van der Waals surface area contributed by atoms with E-state index in [1.165, 1.54) is 6.07 Å². The molecule has 0 unspecified atom stereocenters. The summed E-state index contributed by atoms with van der Waals surface area (Å²) in [6.07, 6.45) is -4.76. The SMILES string of the molecule is CNc1ccc(N2CCN(C(=O)N3C[C@H](c4ccc(Cl)c(Cl)c4)[C@@H](N(C)Cc4ccc(C(F)(F)F)c(F)c4)C3)CC2)cc1. The predicted octanol–water partition coefficient (Wildman–Crippen LogP) is 7.04. The van der Waals surface area contributed by atoms with Crippen LogP contribution in [0, 0.1) is 5.82 Å². The van der Waals surface area contributed by atoms with Gasteiger partial charge in [0.05, 0.1) is 15.6 Å². The Labute approximate surface area is 258 Å². The molecule has 0 saturated carbocycles. The average Bonchev–Trinajstić information content (AvgIpc) is 3.43. The molecule has 2 amide bonds. The van der Waals surface area contributed by atoms with Gasteiger partial charge in [-0.25, -0.2) is 9.18 Å². The predicted molar refractivity (Wildman–Crippen MR) is 163 cm³/mol. The third-order valence-electron chi connectivity index (χ3n) is 8.34. The third kappa shape index (κ3) is 6.97. The van der Waals surface area contributed by atoms with Gasteiger partial charge < -0.3 is 20.0 Å². The number of rotatable bonds is 6. The molecular formula is C31H33Cl2F4N5O. The smallest absolute Gasteiger partial charge is 0.388 e. The van der Waals surface area contributed by atoms with Gasteiger partial charge in [0, 0.05) is 76.2 Å². The standard InChI is InChI=1S/C31H33Cl2F4N5O/c1-38-22-5-7-23(8-6-22)40-11-13-41(14-12-40)30(43)42-18-24(21-4-10-26(32)27(33)16-21)29(19-42)39(2)17-20-3-9-25(28(34)15-20)31(35,36)37/h3-10,15-16,24,29,38H,11-14,17-19H2,1-2H3/t24-,29+/m1/s1. The minimum absolute atomic E-state index is 0.0632. The average molecular weight is 639 g/mol. The van der Waals surface area contributed by atoms with E-state index in [4.69, 9.17) is 23.2 Å². The summed E-state index contributed by atoms with van der Waals surface area (Å²) in [7, 11) is 3.71. The number of nitrogens with zero attached hydrogens (tertiary/aromatic N) is 4. The Balaban J connectivity index is 1.30. The van der Waals surface area contributed by atoms with Crippen LogP contribution in [0.3, 0.4) is 0 Å². The first kappa shape index (κ1) is 31.2. The summed E-state index contributed by atoms with van der Waals surface area (Å²) in [4.78, 5) is 21.6. The number of alkyl halides is 3. The van der Waals surface area contributed by atoms with E-state index in [1.54, 1.807) is 12.1 Å². The van der Waals surface area contributed by atoms with Gasteiger partial charge in [0.15, 0.2) is 0 Å². The quantitative estimate of drug-likeness (QED) is 0.295. The van der Waals surface area contributed by atoms with Gasteiger partial charge in [-0.1, -0.05) is 35.3 Å². The van der Waals surface area contributed by atoms with Gasteiger partial charge in [0.2, 0.25) is 0 Å². The number of hydrogen-bond acceptors (Lipinski definition) is 4. The Morgan fingerprint density at radius 1 is 0.930 bits per heavy atom. The number of urea groups is 1. The van der Waals surface area contributed by atoms with Crippen molar-refractivity contribution in [3.63, 3.8) is 0 Å². The van der Waals surface area contributed by atoms with Crippen molar-refractivity contribution in [1.82, 2.24) is 14.7 Å². The van der Waals surface area contributed by atoms with E-state index in [9.17, 15) is 22.4 Å². The Kier molecular flexibility index (Phi) is 9.29. The van der Waals surface area contributed by atoms with Crippen LogP contribution >= 0.6 is 23.2 Å². The number of carbonyl (C=O) groups is 1. The summed E-state index contributed by atoms with van der Waals surface area (Å²) >= 11 is 12.5. The van der Waals surface area contributed by atoms with Crippen LogP contribution in [0.2, 0.25) is 10.0 Å². The number of nitrogens with one attached hydrogen (secondary N) is 1. The lowest BCUT2D eigenvalue weighted by Gasteiger charge is -2.38. The van der Waals surface area contributed by atoms with Crippen LogP contribution in [0.5, 0.6) is 0 Å². The first-order valence-corrected chi connectivity index (χ1v) is 14.8. The Hall–Kier alpha value is -3.21. The normalized spacial score (nSPS) is 19.3. The van der Waals surface area contributed by atoms with E-state index in [0.717, 1.165) is 29.1 Å². The first-order chi connectivity index (χ1) is 20.4. The molecule has 0 spiro atoms. The molecule has 2 aliphatic heterocycles. The maximum absolute atomic E-state index is 14.3. The molecule has 2 atom stereocenters. The highest BCUT2D eigenvalue weighted by molar-refractivity contribution is 6.42. The first-order valence-electron chi connectivity index (χ1n) is 14.0. The molecule has 3 aromatic rings. The maximum atomic E-state index is 14.3. The minimum atomic E-state index is -4.76. The van der Waals surface area contributed by atoms with Crippen molar-refractivity contribution >= 4 is 40.6 Å². The van der Waals surface area contributed by atoms with Gasteiger partial charge in [0.25, 0.3) is 0 Å². The van der Waals surface area contributed by atoms with Crippen molar-refractivity contribution < 1.29 is 22.4 Å². The molecule has 0 bridgehead atoms. The van der Waals surface area contributed by atoms with Gasteiger partial charge in [0.1, 0.15) is 5.82 Å². The Bertz CT molecular complexity index is 1450. The van der Waals surface area contributed by atoms with E-state index in [-0.39, 0.29) is 24.5 Å². The molecular weight excluding hydrogens is 605 g/mol. The molecule has 2 saturated heterocycles. The fourth-order valence-corrected chi connectivity index (χ4v) is 6.25. The van der Waals surface area contributed by atoms with Crippen LogP contribution in [-0.4, -0.2) is 80.1 Å². The molecule has 1 N–H and O–H groups in total.